The topological polar surface area (TPSA) is 136 Å². The van der Waals surface area contributed by atoms with Gasteiger partial charge in [-0.2, -0.15) is 0 Å². The number of anilines is 1. The third-order valence-electron chi connectivity index (χ3n) is 5.48. The number of benzene rings is 1. The monoisotopic (exact) mass is 425 g/mol. The molecule has 0 bridgehead atoms. The molecule has 30 heavy (non-hydrogen) atoms. The average Bonchev–Trinajstić information content (AvgIpc) is 3.03. The van der Waals surface area contributed by atoms with Crippen molar-refractivity contribution in [2.75, 3.05) is 18.5 Å². The Bertz CT molecular complexity index is 946. The van der Waals surface area contributed by atoms with Gasteiger partial charge in [0.25, 0.3) is 5.91 Å². The van der Waals surface area contributed by atoms with Gasteiger partial charge in [-0.3, -0.25) is 14.5 Å². The Morgan fingerprint density at radius 2 is 1.90 bits per heavy atom. The van der Waals surface area contributed by atoms with Crippen LogP contribution in [0.4, 0.5) is 10.5 Å². The number of β-lactam (4-membered cyclic amide) rings is 1. The van der Waals surface area contributed by atoms with Gasteiger partial charge in [0.1, 0.15) is 24.1 Å². The van der Waals surface area contributed by atoms with E-state index >= 15 is 0 Å². The van der Waals surface area contributed by atoms with Crippen LogP contribution in [0.15, 0.2) is 35.5 Å². The number of hydrogen-bond acceptors (Lipinski definition) is 6. The molecule has 4 rings (SSSR count). The van der Waals surface area contributed by atoms with Crippen LogP contribution in [0.1, 0.15) is 13.3 Å². The summed E-state index contributed by atoms with van der Waals surface area (Å²) >= 11 is 0. The van der Waals surface area contributed by atoms with Gasteiger partial charge in [0.05, 0.1) is 6.04 Å². The predicted molar refractivity (Wildman–Crippen MR) is 105 cm³/mol. The van der Waals surface area contributed by atoms with Crippen molar-refractivity contribution >= 4 is 59.1 Å². The van der Waals surface area contributed by atoms with Crippen LogP contribution in [0.3, 0.4) is 0 Å². The van der Waals surface area contributed by atoms with Gasteiger partial charge in [-0.25, -0.2) is 9.59 Å². The Morgan fingerprint density at radius 3 is 2.50 bits per heavy atom. The summed E-state index contributed by atoms with van der Waals surface area (Å²) in [4.78, 5) is 51.0. The average molecular weight is 425 g/mol. The van der Waals surface area contributed by atoms with E-state index in [0.29, 0.717) is 17.7 Å². The van der Waals surface area contributed by atoms with Crippen LogP contribution in [0.25, 0.3) is 0 Å². The van der Waals surface area contributed by atoms with Crippen molar-refractivity contribution in [1.82, 2.24) is 9.80 Å². The fourth-order valence-corrected chi connectivity index (χ4v) is 4.30. The van der Waals surface area contributed by atoms with Gasteiger partial charge in [-0.1, -0.05) is 0 Å². The number of amides is 3. The second-order valence-electron chi connectivity index (χ2n) is 7.27. The second-order valence-corrected chi connectivity index (χ2v) is 7.27. The molecule has 3 aliphatic heterocycles. The Morgan fingerprint density at radius 1 is 1.23 bits per heavy atom. The Hall–Kier alpha value is -2.56. The van der Waals surface area contributed by atoms with Gasteiger partial charge in [0.15, 0.2) is 0 Å². The summed E-state index contributed by atoms with van der Waals surface area (Å²) in [6, 6.07) is 4.34. The number of rotatable bonds is 4. The Balaban J connectivity index is 0.00000256. The van der Waals surface area contributed by atoms with E-state index in [-0.39, 0.29) is 60.1 Å². The van der Waals surface area contributed by atoms with Crippen molar-refractivity contribution < 1.29 is 34.1 Å². The molecule has 0 saturated carbocycles. The van der Waals surface area contributed by atoms with Crippen LogP contribution in [0, 0.1) is 5.92 Å². The molecule has 0 aliphatic carbocycles. The number of aliphatic carboxylic acids is 1. The molecule has 0 spiro atoms. The van der Waals surface area contributed by atoms with E-state index in [0.717, 1.165) is 0 Å². The molecule has 2 saturated heterocycles. The van der Waals surface area contributed by atoms with Crippen LogP contribution in [-0.4, -0.2) is 98.7 Å². The van der Waals surface area contributed by atoms with Gasteiger partial charge in [-0.15, -0.1) is 0 Å². The maximum absolute atomic E-state index is 12.7. The summed E-state index contributed by atoms with van der Waals surface area (Å²) in [5, 5.41) is 21.6. The molecule has 3 amide bonds. The molecule has 3 aliphatic rings. The van der Waals surface area contributed by atoms with Gasteiger partial charge in [0.2, 0.25) is 0 Å². The molecule has 0 aromatic heterocycles. The van der Waals surface area contributed by atoms with Gasteiger partial charge < -0.3 is 25.2 Å². The number of carboxylic acids is 1. The molecule has 2 fully saturated rings. The van der Waals surface area contributed by atoms with Crippen LogP contribution >= 0.6 is 0 Å². The number of ether oxygens (including phenoxy) is 1. The van der Waals surface area contributed by atoms with Crippen LogP contribution in [0.5, 0.6) is 5.75 Å². The summed E-state index contributed by atoms with van der Waals surface area (Å²) < 4.78 is 4.96. The Kier molecular flexibility index (Phi) is 6.11. The molecule has 1 aromatic rings. The molecular weight excluding hydrogens is 405 g/mol. The first-order chi connectivity index (χ1) is 13.8. The van der Waals surface area contributed by atoms with Crippen molar-refractivity contribution in [3.8, 4) is 5.75 Å². The summed E-state index contributed by atoms with van der Waals surface area (Å²) in [6.07, 6.45) is 0.322. The SMILES string of the molecule is CC(=O)OCC1=C(C(=O)O)N2C(=O)[C@@H]3[C@H]2[C@H](C1)CN3C(=O)Nc1ccc(O)cc1.[NaH]. The zero-order chi connectivity index (χ0) is 20.9. The van der Waals surface area contributed by atoms with Crippen LogP contribution in [-0.2, 0) is 19.1 Å². The number of hydrogen-bond donors (Lipinski definition) is 3. The molecule has 10 nitrogen and oxygen atoms in total. The number of aromatic hydroxyl groups is 1. The molecular formula is C19H20N3NaO7. The minimum absolute atomic E-state index is 0. The number of esters is 1. The molecule has 3 atom stereocenters. The van der Waals surface area contributed by atoms with Crippen molar-refractivity contribution in [2.24, 2.45) is 5.92 Å². The van der Waals surface area contributed by atoms with E-state index in [4.69, 9.17) is 4.74 Å². The number of likely N-dealkylation sites (tertiary alicyclic amines) is 1. The first-order valence-electron chi connectivity index (χ1n) is 9.06. The molecule has 3 N–H and O–H groups in total. The third-order valence-corrected chi connectivity index (χ3v) is 5.48. The van der Waals surface area contributed by atoms with Crippen LogP contribution in [0.2, 0.25) is 0 Å². The number of carbonyl (C=O) groups excluding carboxylic acids is 3. The van der Waals surface area contributed by atoms with E-state index in [2.05, 4.69) is 5.32 Å². The number of nitrogens with one attached hydrogen (secondary N) is 1. The maximum atomic E-state index is 12.7. The zero-order valence-electron chi connectivity index (χ0n) is 15.5. The molecule has 1 aromatic carbocycles. The minimum atomic E-state index is -1.26. The number of phenols is 1. The number of nitrogens with zero attached hydrogens (tertiary/aromatic N) is 2. The number of phenolic OH excluding ortho intramolecular Hbond substituents is 1. The van der Waals surface area contributed by atoms with Gasteiger partial charge >= 0.3 is 47.5 Å². The van der Waals surface area contributed by atoms with E-state index in [9.17, 15) is 29.4 Å². The van der Waals surface area contributed by atoms with Crippen LogP contribution < -0.4 is 5.32 Å². The van der Waals surface area contributed by atoms with E-state index in [1.165, 1.54) is 41.0 Å². The van der Waals surface area contributed by atoms with Crippen molar-refractivity contribution in [1.29, 1.82) is 0 Å². The predicted octanol–water partition coefficient (Wildman–Crippen LogP) is 0.0923. The summed E-state index contributed by atoms with van der Waals surface area (Å²) in [6.45, 7) is 1.30. The first kappa shape index (κ1) is 22.1. The second kappa shape index (κ2) is 8.29. The number of urea groups is 1. The van der Waals surface area contributed by atoms with Gasteiger partial charge in [-0.05, 0) is 36.3 Å². The molecule has 3 heterocycles. The zero-order valence-corrected chi connectivity index (χ0v) is 15.5. The standard InChI is InChI=1S/C19H19N3O7.Na.H/c1-9(23)29-8-11-6-10-7-21(19(28)20-12-2-4-13(24)5-3-12)16-14(10)22(17(16)25)15(11)18(26)27;;/h2-5,10,14,16,24H,6-8H2,1H3,(H,20,28)(H,26,27);;/t10-,14-,16+;;/m1../s1. The Labute approximate surface area is 193 Å². The van der Waals surface area contributed by atoms with Crippen molar-refractivity contribution in [3.63, 3.8) is 0 Å². The molecule has 154 valence electrons. The summed E-state index contributed by atoms with van der Waals surface area (Å²) in [7, 11) is 0. The summed E-state index contributed by atoms with van der Waals surface area (Å²) in [5.74, 6) is -2.34. The van der Waals surface area contributed by atoms with E-state index < -0.39 is 36.0 Å². The first-order valence-corrected chi connectivity index (χ1v) is 9.06. The number of carbonyl (C=O) groups is 4. The number of carboxylic acid groups (broad SMARTS) is 1. The quantitative estimate of drug-likeness (QED) is 0.269. The van der Waals surface area contributed by atoms with Crippen molar-refractivity contribution in [2.45, 2.75) is 25.4 Å². The van der Waals surface area contributed by atoms with Crippen molar-refractivity contribution in [3.05, 3.63) is 35.5 Å². The fraction of sp³-hybridized carbons (Fsp3) is 0.368. The normalized spacial score (nSPS) is 23.9. The molecule has 0 radical (unpaired) electrons. The molecule has 0 unspecified atom stereocenters. The van der Waals surface area contributed by atoms with Gasteiger partial charge in [0, 0.05) is 25.1 Å². The van der Waals surface area contributed by atoms with E-state index in [1.807, 2.05) is 0 Å². The third kappa shape index (κ3) is 3.66. The fourth-order valence-electron chi connectivity index (χ4n) is 4.30. The molecule has 11 heteroatoms. The van der Waals surface area contributed by atoms with E-state index in [1.54, 1.807) is 0 Å². The summed E-state index contributed by atoms with van der Waals surface area (Å²) in [5.41, 5.74) is 0.669.